The van der Waals surface area contributed by atoms with Crippen molar-refractivity contribution in [3.8, 4) is 0 Å². The van der Waals surface area contributed by atoms with Crippen molar-refractivity contribution in [2.75, 3.05) is 5.73 Å². The third-order valence-electron chi connectivity index (χ3n) is 5.44. The Balaban J connectivity index is 1.67. The SMILES string of the molecule is CC1N(C2CCC(c3cnc(N)c(Br)c3)CC2)C(=O)OC1(C)C. The highest BCUT2D eigenvalue weighted by molar-refractivity contribution is 9.10. The van der Waals surface area contributed by atoms with Crippen LogP contribution in [0.15, 0.2) is 16.7 Å². The van der Waals surface area contributed by atoms with Gasteiger partial charge in [0.15, 0.2) is 0 Å². The van der Waals surface area contributed by atoms with Gasteiger partial charge >= 0.3 is 6.09 Å². The number of hydrogen-bond donors (Lipinski definition) is 1. The number of rotatable bonds is 2. The number of halogens is 1. The molecular weight excluding hydrogens is 358 g/mol. The number of amides is 1. The Morgan fingerprint density at radius 2 is 2.00 bits per heavy atom. The molecule has 2 heterocycles. The molecule has 0 spiro atoms. The minimum atomic E-state index is -0.403. The summed E-state index contributed by atoms with van der Waals surface area (Å²) in [7, 11) is 0. The molecule has 2 N–H and O–H groups in total. The van der Waals surface area contributed by atoms with Crippen LogP contribution in [-0.4, -0.2) is 33.7 Å². The van der Waals surface area contributed by atoms with Crippen molar-refractivity contribution in [2.45, 2.75) is 70.1 Å². The summed E-state index contributed by atoms with van der Waals surface area (Å²) in [6.07, 6.45) is 5.83. The first-order valence-corrected chi connectivity index (χ1v) is 9.01. The first kappa shape index (κ1) is 16.6. The summed E-state index contributed by atoms with van der Waals surface area (Å²) < 4.78 is 6.38. The topological polar surface area (TPSA) is 68.5 Å². The van der Waals surface area contributed by atoms with Crippen LogP contribution in [0.1, 0.15) is 57.9 Å². The van der Waals surface area contributed by atoms with Gasteiger partial charge in [0.2, 0.25) is 0 Å². The van der Waals surface area contributed by atoms with Gasteiger partial charge in [-0.2, -0.15) is 0 Å². The fraction of sp³-hybridized carbons (Fsp3) is 0.647. The summed E-state index contributed by atoms with van der Waals surface area (Å²) in [4.78, 5) is 18.4. The van der Waals surface area contributed by atoms with E-state index in [1.807, 2.05) is 24.9 Å². The van der Waals surface area contributed by atoms with Crippen molar-refractivity contribution in [3.05, 3.63) is 22.3 Å². The minimum absolute atomic E-state index is 0.115. The van der Waals surface area contributed by atoms with Crippen LogP contribution in [0.5, 0.6) is 0 Å². The Hall–Kier alpha value is -1.30. The molecule has 1 aromatic heterocycles. The van der Waals surface area contributed by atoms with Gasteiger partial charge in [-0.15, -0.1) is 0 Å². The van der Waals surface area contributed by atoms with Crippen LogP contribution in [-0.2, 0) is 4.74 Å². The van der Waals surface area contributed by atoms with Crippen molar-refractivity contribution in [1.82, 2.24) is 9.88 Å². The largest absolute Gasteiger partial charge is 0.441 e. The zero-order valence-electron chi connectivity index (χ0n) is 13.9. The van der Waals surface area contributed by atoms with E-state index in [-0.39, 0.29) is 18.2 Å². The van der Waals surface area contributed by atoms with Gasteiger partial charge in [-0.25, -0.2) is 9.78 Å². The van der Waals surface area contributed by atoms with Gasteiger partial charge in [0.25, 0.3) is 0 Å². The molecule has 1 atom stereocenters. The van der Waals surface area contributed by atoms with Crippen LogP contribution < -0.4 is 5.73 Å². The van der Waals surface area contributed by atoms with Crippen molar-refractivity contribution >= 4 is 27.8 Å². The lowest BCUT2D eigenvalue weighted by atomic mass is 9.81. The molecule has 0 bridgehead atoms. The Labute approximate surface area is 145 Å². The van der Waals surface area contributed by atoms with E-state index in [2.05, 4.69) is 33.9 Å². The molecule has 1 unspecified atom stereocenters. The molecule has 1 saturated heterocycles. The number of anilines is 1. The van der Waals surface area contributed by atoms with Crippen LogP contribution in [0.25, 0.3) is 0 Å². The number of nitrogens with zero attached hydrogens (tertiary/aromatic N) is 2. The first-order chi connectivity index (χ1) is 10.8. The highest BCUT2D eigenvalue weighted by atomic mass is 79.9. The van der Waals surface area contributed by atoms with Gasteiger partial charge in [-0.05, 0) is 79.9 Å². The normalized spacial score (nSPS) is 30.3. The summed E-state index contributed by atoms with van der Waals surface area (Å²) in [6.45, 7) is 6.05. The average molecular weight is 382 g/mol. The molecule has 1 amide bonds. The standard InChI is InChI=1S/C17H24BrN3O2/c1-10-17(2,3)23-16(22)21(10)13-6-4-11(5-7-13)12-8-14(18)15(19)20-9-12/h8-11,13H,4-7H2,1-3H3,(H2,19,20). The summed E-state index contributed by atoms with van der Waals surface area (Å²) >= 11 is 3.45. The van der Waals surface area contributed by atoms with Gasteiger partial charge in [0, 0.05) is 12.2 Å². The van der Waals surface area contributed by atoms with E-state index in [1.54, 1.807) is 0 Å². The second-order valence-electron chi connectivity index (χ2n) is 7.20. The van der Waals surface area contributed by atoms with Crippen LogP contribution in [0.2, 0.25) is 0 Å². The fourth-order valence-electron chi connectivity index (χ4n) is 3.70. The van der Waals surface area contributed by atoms with Gasteiger partial charge in [0.1, 0.15) is 11.4 Å². The average Bonchev–Trinajstić information content (AvgIpc) is 2.70. The molecule has 0 radical (unpaired) electrons. The highest BCUT2D eigenvalue weighted by Gasteiger charge is 2.48. The van der Waals surface area contributed by atoms with Crippen molar-refractivity contribution in [2.24, 2.45) is 0 Å². The van der Waals surface area contributed by atoms with Gasteiger partial charge in [-0.3, -0.25) is 4.90 Å². The number of nitrogen functional groups attached to an aromatic ring is 1. The molecule has 2 aliphatic rings. The van der Waals surface area contributed by atoms with E-state index in [1.165, 1.54) is 5.56 Å². The summed E-state index contributed by atoms with van der Waals surface area (Å²) in [5, 5.41) is 0. The van der Waals surface area contributed by atoms with E-state index in [4.69, 9.17) is 10.5 Å². The maximum Gasteiger partial charge on any atom is 0.411 e. The second kappa shape index (κ2) is 5.96. The lowest BCUT2D eigenvalue weighted by molar-refractivity contribution is 0.0711. The number of nitrogens with two attached hydrogens (primary N) is 1. The van der Waals surface area contributed by atoms with E-state index < -0.39 is 5.60 Å². The Kier molecular flexibility index (Phi) is 4.29. The Bertz CT molecular complexity index is 612. The summed E-state index contributed by atoms with van der Waals surface area (Å²) in [5.74, 6) is 1.01. The minimum Gasteiger partial charge on any atom is -0.441 e. The maximum atomic E-state index is 12.2. The van der Waals surface area contributed by atoms with E-state index >= 15 is 0 Å². The number of cyclic esters (lactones) is 1. The third kappa shape index (κ3) is 3.05. The monoisotopic (exact) mass is 381 g/mol. The highest BCUT2D eigenvalue weighted by Crippen LogP contribution is 2.40. The number of aromatic nitrogens is 1. The van der Waals surface area contributed by atoms with Gasteiger partial charge in [0.05, 0.1) is 10.5 Å². The molecule has 1 saturated carbocycles. The number of pyridine rings is 1. The zero-order valence-corrected chi connectivity index (χ0v) is 15.5. The van der Waals surface area contributed by atoms with Crippen molar-refractivity contribution < 1.29 is 9.53 Å². The van der Waals surface area contributed by atoms with Crippen molar-refractivity contribution in [1.29, 1.82) is 0 Å². The summed E-state index contributed by atoms with van der Waals surface area (Å²) in [6, 6.07) is 2.47. The first-order valence-electron chi connectivity index (χ1n) is 8.22. The number of hydrogen-bond acceptors (Lipinski definition) is 4. The number of carbonyl (C=O) groups is 1. The smallest absolute Gasteiger partial charge is 0.411 e. The van der Waals surface area contributed by atoms with E-state index in [0.29, 0.717) is 11.7 Å². The van der Waals surface area contributed by atoms with E-state index in [0.717, 1.165) is 30.2 Å². The number of carbonyl (C=O) groups excluding carboxylic acids is 1. The molecule has 6 heteroatoms. The Morgan fingerprint density at radius 3 is 2.52 bits per heavy atom. The molecule has 1 aliphatic heterocycles. The van der Waals surface area contributed by atoms with Crippen LogP contribution in [0, 0.1) is 0 Å². The lowest BCUT2D eigenvalue weighted by Gasteiger charge is -2.36. The predicted molar refractivity (Wildman–Crippen MR) is 93.2 cm³/mol. The number of ether oxygens (including phenoxy) is 1. The van der Waals surface area contributed by atoms with Crippen LogP contribution in [0.3, 0.4) is 0 Å². The molecule has 1 aromatic rings. The van der Waals surface area contributed by atoms with Gasteiger partial charge in [-0.1, -0.05) is 0 Å². The second-order valence-corrected chi connectivity index (χ2v) is 8.05. The quantitative estimate of drug-likeness (QED) is 0.837. The molecule has 0 aromatic carbocycles. The predicted octanol–water partition coefficient (Wildman–Crippen LogP) is 4.07. The summed E-state index contributed by atoms with van der Waals surface area (Å²) in [5.41, 5.74) is 6.58. The molecule has 126 valence electrons. The van der Waals surface area contributed by atoms with Crippen LogP contribution in [0.4, 0.5) is 10.6 Å². The van der Waals surface area contributed by atoms with Gasteiger partial charge < -0.3 is 10.5 Å². The molecule has 1 aliphatic carbocycles. The molecule has 3 rings (SSSR count). The fourth-order valence-corrected chi connectivity index (χ4v) is 4.06. The van der Waals surface area contributed by atoms with Crippen molar-refractivity contribution in [3.63, 3.8) is 0 Å². The Morgan fingerprint density at radius 1 is 1.35 bits per heavy atom. The molecule has 23 heavy (non-hydrogen) atoms. The lowest BCUT2D eigenvalue weighted by Crippen LogP contribution is -2.46. The molecular formula is C17H24BrN3O2. The zero-order chi connectivity index (χ0) is 16.8. The van der Waals surface area contributed by atoms with E-state index in [9.17, 15) is 4.79 Å². The van der Waals surface area contributed by atoms with Crippen LogP contribution >= 0.6 is 15.9 Å². The molecule has 5 nitrogen and oxygen atoms in total. The maximum absolute atomic E-state index is 12.2. The third-order valence-corrected chi connectivity index (χ3v) is 6.07. The molecule has 2 fully saturated rings.